The second-order valence-corrected chi connectivity index (χ2v) is 5.06. The molecule has 0 aliphatic carbocycles. The van der Waals surface area contributed by atoms with E-state index in [4.69, 9.17) is 0 Å². The number of hydrogen-bond acceptors (Lipinski definition) is 5. The van der Waals surface area contributed by atoms with E-state index in [0.29, 0.717) is 0 Å². The minimum Gasteiger partial charge on any atom is -0.311 e. The van der Waals surface area contributed by atoms with Crippen LogP contribution in [0, 0.1) is 5.92 Å². The van der Waals surface area contributed by atoms with Crippen LogP contribution in [0.1, 0.15) is 13.3 Å². The summed E-state index contributed by atoms with van der Waals surface area (Å²) < 4.78 is 0. The van der Waals surface area contributed by atoms with Gasteiger partial charge in [-0.05, 0) is 6.42 Å². The Labute approximate surface area is 106 Å². The summed E-state index contributed by atoms with van der Waals surface area (Å²) in [6.45, 7) is 2.03. The number of nitrogens with zero attached hydrogens (tertiary/aromatic N) is 2. The maximum atomic E-state index is 12.1. The highest BCUT2D eigenvalue weighted by molar-refractivity contribution is 7.81. The molecule has 0 saturated carbocycles. The van der Waals surface area contributed by atoms with Crippen LogP contribution in [0.4, 0.5) is 4.79 Å². The topological polar surface area (TPSA) is 64.7 Å². The van der Waals surface area contributed by atoms with E-state index in [2.05, 4.69) is 23.3 Å². The standard InChI is InChI=1S/C10H18N4O2S/c1-4-5-11-7-6(8(17)12-5)9(15)14(3)10(16)13(7)2/h5-8,11-12,17H,4H2,1-3H3. The van der Waals surface area contributed by atoms with Crippen molar-refractivity contribution in [3.8, 4) is 0 Å². The molecule has 2 saturated heterocycles. The molecule has 2 rings (SSSR count). The van der Waals surface area contributed by atoms with E-state index < -0.39 is 0 Å². The van der Waals surface area contributed by atoms with Crippen LogP contribution in [0.15, 0.2) is 0 Å². The Morgan fingerprint density at radius 3 is 2.53 bits per heavy atom. The predicted octanol–water partition coefficient (Wildman–Crippen LogP) is -0.363. The molecule has 2 fully saturated rings. The van der Waals surface area contributed by atoms with Crippen molar-refractivity contribution in [1.82, 2.24) is 20.4 Å². The first kappa shape index (κ1) is 12.7. The molecule has 2 heterocycles. The molecule has 0 aromatic heterocycles. The first-order valence-electron chi connectivity index (χ1n) is 5.72. The van der Waals surface area contributed by atoms with Gasteiger partial charge in [-0.2, -0.15) is 12.6 Å². The monoisotopic (exact) mass is 258 g/mol. The average molecular weight is 258 g/mol. The maximum Gasteiger partial charge on any atom is 0.327 e. The summed E-state index contributed by atoms with van der Waals surface area (Å²) in [6.07, 6.45) is 0.664. The Morgan fingerprint density at radius 2 is 1.94 bits per heavy atom. The van der Waals surface area contributed by atoms with E-state index in [-0.39, 0.29) is 35.6 Å². The van der Waals surface area contributed by atoms with Crippen molar-refractivity contribution in [3.05, 3.63) is 0 Å². The fourth-order valence-electron chi connectivity index (χ4n) is 2.37. The molecular weight excluding hydrogens is 240 g/mol. The van der Waals surface area contributed by atoms with Gasteiger partial charge in [0.1, 0.15) is 0 Å². The fourth-order valence-corrected chi connectivity index (χ4v) is 2.84. The minimum atomic E-state index is -0.353. The van der Waals surface area contributed by atoms with Gasteiger partial charge < -0.3 is 4.90 Å². The van der Waals surface area contributed by atoms with E-state index >= 15 is 0 Å². The second kappa shape index (κ2) is 4.47. The molecule has 0 aromatic rings. The van der Waals surface area contributed by atoms with Gasteiger partial charge in [-0.15, -0.1) is 0 Å². The highest BCUT2D eigenvalue weighted by Crippen LogP contribution is 2.27. The van der Waals surface area contributed by atoms with Crippen LogP contribution in [0.25, 0.3) is 0 Å². The number of hydrogen-bond donors (Lipinski definition) is 3. The molecule has 96 valence electrons. The van der Waals surface area contributed by atoms with E-state index in [9.17, 15) is 9.59 Å². The molecule has 4 atom stereocenters. The molecule has 17 heavy (non-hydrogen) atoms. The lowest BCUT2D eigenvalue weighted by atomic mass is 9.97. The number of carbonyl (C=O) groups is 2. The van der Waals surface area contributed by atoms with Gasteiger partial charge in [-0.3, -0.25) is 20.3 Å². The van der Waals surface area contributed by atoms with Crippen LogP contribution in [0.2, 0.25) is 0 Å². The van der Waals surface area contributed by atoms with E-state index in [1.165, 1.54) is 7.05 Å². The molecule has 6 nitrogen and oxygen atoms in total. The third kappa shape index (κ3) is 1.92. The zero-order valence-corrected chi connectivity index (χ0v) is 11.1. The Morgan fingerprint density at radius 1 is 1.29 bits per heavy atom. The summed E-state index contributed by atoms with van der Waals surface area (Å²) >= 11 is 4.43. The van der Waals surface area contributed by atoms with Gasteiger partial charge in [0, 0.05) is 14.1 Å². The molecule has 2 aliphatic heterocycles. The Bertz CT molecular complexity index is 351. The summed E-state index contributed by atoms with van der Waals surface area (Å²) in [5, 5.41) is 6.24. The van der Waals surface area contributed by atoms with Crippen molar-refractivity contribution in [1.29, 1.82) is 0 Å². The zero-order valence-electron chi connectivity index (χ0n) is 10.2. The van der Waals surface area contributed by atoms with E-state index in [1.54, 1.807) is 11.9 Å². The molecule has 0 radical (unpaired) electrons. The van der Waals surface area contributed by atoms with Crippen LogP contribution < -0.4 is 10.6 Å². The number of amides is 3. The number of urea groups is 1. The maximum absolute atomic E-state index is 12.1. The smallest absolute Gasteiger partial charge is 0.311 e. The van der Waals surface area contributed by atoms with Crippen LogP contribution in [-0.4, -0.2) is 53.5 Å². The van der Waals surface area contributed by atoms with Gasteiger partial charge in [0.15, 0.2) is 0 Å². The summed E-state index contributed by atoms with van der Waals surface area (Å²) in [7, 11) is 3.21. The molecular formula is C10H18N4O2S. The number of fused-ring (bicyclic) bond motifs is 1. The highest BCUT2D eigenvalue weighted by atomic mass is 32.1. The van der Waals surface area contributed by atoms with Gasteiger partial charge in [-0.1, -0.05) is 6.92 Å². The van der Waals surface area contributed by atoms with Crippen molar-refractivity contribution in [3.63, 3.8) is 0 Å². The number of nitrogens with one attached hydrogen (secondary N) is 2. The van der Waals surface area contributed by atoms with Gasteiger partial charge in [0.25, 0.3) is 0 Å². The highest BCUT2D eigenvalue weighted by Gasteiger charge is 2.49. The molecule has 2 aliphatic rings. The van der Waals surface area contributed by atoms with Crippen LogP contribution in [-0.2, 0) is 4.79 Å². The largest absolute Gasteiger partial charge is 0.327 e. The lowest BCUT2D eigenvalue weighted by Gasteiger charge is -2.49. The lowest BCUT2D eigenvalue weighted by Crippen LogP contribution is -2.73. The first-order valence-corrected chi connectivity index (χ1v) is 6.23. The van der Waals surface area contributed by atoms with Crippen molar-refractivity contribution in [2.24, 2.45) is 5.92 Å². The molecule has 3 amide bonds. The van der Waals surface area contributed by atoms with Crippen LogP contribution in [0.3, 0.4) is 0 Å². The summed E-state index contributed by atoms with van der Waals surface area (Å²) in [5.74, 6) is -0.540. The predicted molar refractivity (Wildman–Crippen MR) is 66.3 cm³/mol. The van der Waals surface area contributed by atoms with Crippen LogP contribution in [0.5, 0.6) is 0 Å². The number of rotatable bonds is 1. The van der Waals surface area contributed by atoms with Crippen molar-refractivity contribution in [2.75, 3.05) is 14.1 Å². The Kier molecular flexibility index (Phi) is 3.33. The Hall–Kier alpha value is -0.790. The molecule has 2 N–H and O–H groups in total. The second-order valence-electron chi connectivity index (χ2n) is 4.50. The zero-order chi connectivity index (χ0) is 12.7. The van der Waals surface area contributed by atoms with Gasteiger partial charge in [0.05, 0.1) is 23.6 Å². The summed E-state index contributed by atoms with van der Waals surface area (Å²) in [5.41, 5.74) is 0. The first-order chi connectivity index (χ1) is 7.97. The number of carbonyl (C=O) groups excluding carboxylic acids is 2. The third-order valence-electron chi connectivity index (χ3n) is 3.45. The van der Waals surface area contributed by atoms with Crippen LogP contribution >= 0.6 is 12.6 Å². The number of thiol groups is 1. The lowest BCUT2D eigenvalue weighted by molar-refractivity contribution is -0.140. The quantitative estimate of drug-likeness (QED) is 0.562. The van der Waals surface area contributed by atoms with E-state index in [1.807, 2.05) is 6.92 Å². The molecule has 4 unspecified atom stereocenters. The minimum absolute atomic E-state index is 0.0743. The summed E-state index contributed by atoms with van der Waals surface area (Å²) in [6, 6.07) is -0.277. The fraction of sp³-hybridized carbons (Fsp3) is 0.800. The van der Waals surface area contributed by atoms with Gasteiger partial charge in [-0.25, -0.2) is 4.79 Å². The van der Waals surface area contributed by atoms with Crippen molar-refractivity contribution < 1.29 is 9.59 Å². The molecule has 0 aromatic carbocycles. The Balaban J connectivity index is 2.28. The molecule has 0 bridgehead atoms. The summed E-state index contributed by atoms with van der Waals surface area (Å²) in [4.78, 5) is 26.6. The SMILES string of the molecule is CCC1NC(S)C2C(=O)N(C)C(=O)N(C)C2N1. The molecule has 0 spiro atoms. The number of imide groups is 1. The van der Waals surface area contributed by atoms with Crippen molar-refractivity contribution in [2.45, 2.75) is 31.0 Å². The van der Waals surface area contributed by atoms with Gasteiger partial charge in [0.2, 0.25) is 5.91 Å². The molecule has 7 heteroatoms. The van der Waals surface area contributed by atoms with Gasteiger partial charge >= 0.3 is 6.03 Å². The third-order valence-corrected chi connectivity index (χ3v) is 3.92. The normalized spacial score (nSPS) is 38.4. The average Bonchev–Trinajstić information content (AvgIpc) is 2.32. The van der Waals surface area contributed by atoms with Crippen molar-refractivity contribution >= 4 is 24.6 Å². The van der Waals surface area contributed by atoms with E-state index in [0.717, 1.165) is 11.3 Å².